The average molecular weight is 422 g/mol. The Hall–Kier alpha value is -2.80. The average Bonchev–Trinajstić information content (AvgIpc) is 2.77. The van der Waals surface area contributed by atoms with E-state index in [1.807, 2.05) is 36.4 Å². The first-order valence-corrected chi connectivity index (χ1v) is 10.3. The van der Waals surface area contributed by atoms with Crippen molar-refractivity contribution >= 4 is 33.3 Å². The first-order valence-electron chi connectivity index (χ1n) is 9.89. The predicted octanol–water partition coefficient (Wildman–Crippen LogP) is 3.51. The second-order valence-electron chi connectivity index (χ2n) is 7.60. The maximum absolute atomic E-state index is 13.4. The summed E-state index contributed by atoms with van der Waals surface area (Å²) in [5.41, 5.74) is 2.55. The SMILES string of the molecule is O=c1c2cc(Cc3ccc(Cl)nc3)c3ccccc3c2ncn1C1CCOC[C@@H]1O. The fourth-order valence-corrected chi connectivity index (χ4v) is 4.31. The lowest BCUT2D eigenvalue weighted by Gasteiger charge is -2.29. The molecule has 7 heteroatoms. The summed E-state index contributed by atoms with van der Waals surface area (Å²) in [5, 5.41) is 13.3. The molecule has 5 rings (SSSR count). The fraction of sp³-hybridized carbons (Fsp3) is 0.261. The first-order chi connectivity index (χ1) is 14.6. The summed E-state index contributed by atoms with van der Waals surface area (Å²) >= 11 is 5.92. The van der Waals surface area contributed by atoms with Crippen molar-refractivity contribution < 1.29 is 9.84 Å². The van der Waals surface area contributed by atoms with Crippen LogP contribution in [0.3, 0.4) is 0 Å². The van der Waals surface area contributed by atoms with Gasteiger partial charge in [-0.15, -0.1) is 0 Å². The van der Waals surface area contributed by atoms with Gasteiger partial charge < -0.3 is 9.84 Å². The van der Waals surface area contributed by atoms with Crippen molar-refractivity contribution in [1.29, 1.82) is 0 Å². The molecule has 0 spiro atoms. The zero-order valence-corrected chi connectivity index (χ0v) is 16.9. The minimum Gasteiger partial charge on any atom is -0.389 e. The van der Waals surface area contributed by atoms with E-state index in [1.165, 1.54) is 0 Å². The summed E-state index contributed by atoms with van der Waals surface area (Å²) in [6.07, 6.45) is 3.77. The van der Waals surface area contributed by atoms with Crippen molar-refractivity contribution in [2.45, 2.75) is 25.0 Å². The minimum absolute atomic E-state index is 0.146. The molecule has 2 aromatic heterocycles. The first kappa shape index (κ1) is 19.2. The van der Waals surface area contributed by atoms with Gasteiger partial charge in [-0.25, -0.2) is 9.97 Å². The van der Waals surface area contributed by atoms with Crippen molar-refractivity contribution in [3.8, 4) is 0 Å². The fourth-order valence-electron chi connectivity index (χ4n) is 4.20. The summed E-state index contributed by atoms with van der Waals surface area (Å²) in [4.78, 5) is 22.2. The number of nitrogens with zero attached hydrogens (tertiary/aromatic N) is 3. The standard InChI is InChI=1S/C23H20ClN3O3/c24-21-6-5-14(11-25-21)9-15-10-18-22(17-4-2-1-3-16(15)17)26-13-27(23(18)29)19-7-8-30-12-20(19)28/h1-6,10-11,13,19-20,28H,7-9,12H2/t19?,20-/m0/s1. The highest BCUT2D eigenvalue weighted by Crippen LogP contribution is 2.28. The lowest BCUT2D eigenvalue weighted by atomic mass is 9.96. The van der Waals surface area contributed by atoms with Gasteiger partial charge in [-0.2, -0.15) is 0 Å². The molecule has 152 valence electrons. The molecule has 1 aliphatic heterocycles. The molecule has 0 radical (unpaired) electrons. The van der Waals surface area contributed by atoms with E-state index in [-0.39, 0.29) is 18.2 Å². The highest BCUT2D eigenvalue weighted by molar-refractivity contribution is 6.29. The molecule has 3 heterocycles. The molecule has 1 saturated heterocycles. The van der Waals surface area contributed by atoms with Gasteiger partial charge in [0, 0.05) is 18.2 Å². The molecule has 6 nitrogen and oxygen atoms in total. The summed E-state index contributed by atoms with van der Waals surface area (Å²) in [6, 6.07) is 13.3. The summed E-state index contributed by atoms with van der Waals surface area (Å²) in [7, 11) is 0. The van der Waals surface area contributed by atoms with Gasteiger partial charge in [-0.3, -0.25) is 9.36 Å². The molecule has 30 heavy (non-hydrogen) atoms. The van der Waals surface area contributed by atoms with Gasteiger partial charge in [0.2, 0.25) is 0 Å². The third kappa shape index (κ3) is 3.37. The monoisotopic (exact) mass is 421 g/mol. The molecule has 1 N–H and O–H groups in total. The van der Waals surface area contributed by atoms with Crippen molar-refractivity contribution in [3.05, 3.63) is 81.6 Å². The lowest BCUT2D eigenvalue weighted by molar-refractivity contribution is -0.0395. The molecule has 0 aliphatic carbocycles. The zero-order valence-electron chi connectivity index (χ0n) is 16.2. The van der Waals surface area contributed by atoms with Crippen LogP contribution in [0.4, 0.5) is 0 Å². The van der Waals surface area contributed by atoms with Gasteiger partial charge in [-0.05, 0) is 41.5 Å². The molecule has 1 fully saturated rings. The van der Waals surface area contributed by atoms with Gasteiger partial charge in [-0.1, -0.05) is 41.9 Å². The quantitative estimate of drug-likeness (QED) is 0.404. The van der Waals surface area contributed by atoms with Crippen LogP contribution in [-0.2, 0) is 11.2 Å². The Kier molecular flexibility index (Phi) is 4.98. The maximum Gasteiger partial charge on any atom is 0.261 e. The second-order valence-corrected chi connectivity index (χ2v) is 7.99. The number of aliphatic hydroxyl groups excluding tert-OH is 1. The Balaban J connectivity index is 1.70. The van der Waals surface area contributed by atoms with Gasteiger partial charge in [0.1, 0.15) is 5.15 Å². The number of hydrogen-bond acceptors (Lipinski definition) is 5. The smallest absolute Gasteiger partial charge is 0.261 e. The second kappa shape index (κ2) is 7.80. The number of benzene rings is 2. The number of ether oxygens (including phenoxy) is 1. The Bertz CT molecular complexity index is 1290. The molecular formula is C23H20ClN3O3. The number of halogens is 1. The van der Waals surface area contributed by atoms with Gasteiger partial charge in [0.15, 0.2) is 0 Å². The number of fused-ring (bicyclic) bond motifs is 3. The lowest BCUT2D eigenvalue weighted by Crippen LogP contribution is -2.39. The van der Waals surface area contributed by atoms with E-state index in [1.54, 1.807) is 23.2 Å². The Morgan fingerprint density at radius 3 is 2.73 bits per heavy atom. The van der Waals surface area contributed by atoms with Crippen LogP contribution in [0.1, 0.15) is 23.6 Å². The van der Waals surface area contributed by atoms with E-state index < -0.39 is 6.10 Å². The summed E-state index contributed by atoms with van der Waals surface area (Å²) < 4.78 is 6.86. The van der Waals surface area contributed by atoms with E-state index >= 15 is 0 Å². The van der Waals surface area contributed by atoms with Crippen LogP contribution < -0.4 is 5.56 Å². The topological polar surface area (TPSA) is 77.2 Å². The summed E-state index contributed by atoms with van der Waals surface area (Å²) in [5.74, 6) is 0. The number of hydrogen-bond donors (Lipinski definition) is 1. The molecule has 4 aromatic rings. The normalized spacial score (nSPS) is 19.4. The summed E-state index contributed by atoms with van der Waals surface area (Å²) in [6.45, 7) is 0.737. The van der Waals surface area contributed by atoms with Crippen molar-refractivity contribution in [1.82, 2.24) is 14.5 Å². The Morgan fingerprint density at radius 1 is 1.13 bits per heavy atom. The van der Waals surface area contributed by atoms with E-state index in [0.29, 0.717) is 35.5 Å². The van der Waals surface area contributed by atoms with Crippen LogP contribution in [0.2, 0.25) is 5.15 Å². The molecule has 1 aliphatic rings. The van der Waals surface area contributed by atoms with Crippen LogP contribution in [0, 0.1) is 0 Å². The van der Waals surface area contributed by atoms with Crippen molar-refractivity contribution in [3.63, 3.8) is 0 Å². The molecule has 2 atom stereocenters. The largest absolute Gasteiger partial charge is 0.389 e. The number of aliphatic hydroxyl groups is 1. The highest BCUT2D eigenvalue weighted by Gasteiger charge is 2.27. The van der Waals surface area contributed by atoms with Crippen LogP contribution in [0.5, 0.6) is 0 Å². The third-order valence-electron chi connectivity index (χ3n) is 5.71. The molecule has 1 unspecified atom stereocenters. The number of aromatic nitrogens is 3. The van der Waals surface area contributed by atoms with Gasteiger partial charge >= 0.3 is 0 Å². The number of pyridine rings is 1. The predicted molar refractivity (Wildman–Crippen MR) is 116 cm³/mol. The minimum atomic E-state index is -0.726. The van der Waals surface area contributed by atoms with Crippen LogP contribution in [0.25, 0.3) is 21.7 Å². The molecule has 0 saturated carbocycles. The van der Waals surface area contributed by atoms with Gasteiger partial charge in [0.25, 0.3) is 5.56 Å². The van der Waals surface area contributed by atoms with Crippen molar-refractivity contribution in [2.75, 3.05) is 13.2 Å². The van der Waals surface area contributed by atoms with E-state index in [4.69, 9.17) is 16.3 Å². The van der Waals surface area contributed by atoms with Crippen LogP contribution >= 0.6 is 11.6 Å². The highest BCUT2D eigenvalue weighted by atomic mass is 35.5. The molecule has 0 amide bonds. The van der Waals surface area contributed by atoms with Gasteiger partial charge in [0.05, 0.1) is 36.0 Å². The Morgan fingerprint density at radius 2 is 1.97 bits per heavy atom. The van der Waals surface area contributed by atoms with E-state index in [2.05, 4.69) is 9.97 Å². The molecular weight excluding hydrogens is 402 g/mol. The maximum atomic E-state index is 13.4. The molecule has 0 bridgehead atoms. The molecule has 2 aromatic carbocycles. The zero-order chi connectivity index (χ0) is 20.7. The van der Waals surface area contributed by atoms with Crippen molar-refractivity contribution in [2.24, 2.45) is 0 Å². The third-order valence-corrected chi connectivity index (χ3v) is 5.93. The van der Waals surface area contributed by atoms with Crippen LogP contribution in [0.15, 0.2) is 59.8 Å². The van der Waals surface area contributed by atoms with Crippen LogP contribution in [-0.4, -0.2) is 39.0 Å². The Labute approximate surface area is 177 Å². The van der Waals surface area contributed by atoms with E-state index in [9.17, 15) is 9.90 Å². The van der Waals surface area contributed by atoms with E-state index in [0.717, 1.165) is 21.9 Å². The number of rotatable bonds is 3.